The third-order valence-corrected chi connectivity index (χ3v) is 6.20. The molecule has 1 aliphatic rings. The molecule has 0 saturated carbocycles. The van der Waals surface area contributed by atoms with Crippen LogP contribution >= 0.6 is 0 Å². The number of hydrogen-bond acceptors (Lipinski definition) is 4. The number of benzene rings is 2. The number of fused-ring (bicyclic) bond motifs is 3. The summed E-state index contributed by atoms with van der Waals surface area (Å²) in [6, 6.07) is 16.2. The number of hydrogen-bond donors (Lipinski definition) is 2. The van der Waals surface area contributed by atoms with E-state index in [1.54, 1.807) is 18.7 Å². The van der Waals surface area contributed by atoms with Gasteiger partial charge in [0.25, 0.3) is 0 Å². The topological polar surface area (TPSA) is 95.9 Å². The number of aliphatic carboxylic acids is 1. The van der Waals surface area contributed by atoms with E-state index in [2.05, 4.69) is 29.6 Å². The van der Waals surface area contributed by atoms with Crippen LogP contribution in [-0.2, 0) is 14.3 Å². The lowest BCUT2D eigenvalue weighted by atomic mass is 9.89. The predicted molar refractivity (Wildman–Crippen MR) is 131 cm³/mol. The van der Waals surface area contributed by atoms with Crippen molar-refractivity contribution in [2.24, 2.45) is 5.41 Å². The van der Waals surface area contributed by atoms with Crippen molar-refractivity contribution in [2.75, 3.05) is 19.7 Å². The van der Waals surface area contributed by atoms with Crippen LogP contribution in [0.25, 0.3) is 11.1 Å². The highest BCUT2D eigenvalue weighted by atomic mass is 16.5. The molecule has 2 aromatic rings. The van der Waals surface area contributed by atoms with Crippen molar-refractivity contribution >= 4 is 18.0 Å². The van der Waals surface area contributed by atoms with Gasteiger partial charge >= 0.3 is 12.1 Å². The molecule has 2 N–H and O–H groups in total. The second-order valence-corrected chi connectivity index (χ2v) is 10.3. The van der Waals surface area contributed by atoms with Gasteiger partial charge < -0.3 is 20.1 Å². The fourth-order valence-corrected chi connectivity index (χ4v) is 4.33. The van der Waals surface area contributed by atoms with Gasteiger partial charge in [-0.15, -0.1) is 0 Å². The van der Waals surface area contributed by atoms with Crippen LogP contribution in [0, 0.1) is 5.41 Å². The number of ether oxygens (including phenoxy) is 1. The summed E-state index contributed by atoms with van der Waals surface area (Å²) in [5.74, 6) is -1.22. The second-order valence-electron chi connectivity index (χ2n) is 10.3. The molecule has 0 bridgehead atoms. The molecule has 1 aliphatic carbocycles. The predicted octanol–water partition coefficient (Wildman–Crippen LogP) is 4.65. The van der Waals surface area contributed by atoms with Gasteiger partial charge in [-0.05, 0) is 56.9 Å². The van der Waals surface area contributed by atoms with Crippen LogP contribution in [-0.4, -0.2) is 53.2 Å². The fraction of sp³-hybridized carbons (Fsp3) is 0.444. The molecule has 0 radical (unpaired) electrons. The maximum absolute atomic E-state index is 13.2. The zero-order valence-electron chi connectivity index (χ0n) is 20.6. The van der Waals surface area contributed by atoms with Crippen molar-refractivity contribution in [1.82, 2.24) is 10.2 Å². The maximum atomic E-state index is 13.2. The third kappa shape index (κ3) is 5.58. The van der Waals surface area contributed by atoms with Crippen molar-refractivity contribution in [2.45, 2.75) is 52.5 Å². The van der Waals surface area contributed by atoms with Crippen molar-refractivity contribution in [3.05, 3.63) is 59.7 Å². The molecule has 3 rings (SSSR count). The van der Waals surface area contributed by atoms with Crippen LogP contribution in [0.4, 0.5) is 4.79 Å². The Balaban J connectivity index is 1.61. The van der Waals surface area contributed by atoms with E-state index in [9.17, 15) is 14.4 Å². The van der Waals surface area contributed by atoms with E-state index in [1.807, 2.05) is 45.0 Å². The summed E-state index contributed by atoms with van der Waals surface area (Å²) >= 11 is 0. The summed E-state index contributed by atoms with van der Waals surface area (Å²) in [6.07, 6.45) is -0.727. The first kappa shape index (κ1) is 25.3. The number of amides is 2. The second kappa shape index (κ2) is 9.87. The van der Waals surface area contributed by atoms with Crippen LogP contribution in [0.5, 0.6) is 0 Å². The minimum Gasteiger partial charge on any atom is -0.481 e. The number of nitrogens with one attached hydrogen (secondary N) is 1. The highest BCUT2D eigenvalue weighted by molar-refractivity contribution is 5.84. The first-order valence-electron chi connectivity index (χ1n) is 11.5. The molecule has 0 aliphatic heterocycles. The average molecular weight is 467 g/mol. The molecule has 0 spiro atoms. The van der Waals surface area contributed by atoms with E-state index < -0.39 is 23.0 Å². The van der Waals surface area contributed by atoms with Gasteiger partial charge in [0.15, 0.2) is 0 Å². The Morgan fingerprint density at radius 3 is 1.97 bits per heavy atom. The smallest absolute Gasteiger partial charge is 0.407 e. The number of nitrogens with zero attached hydrogens (tertiary/aromatic N) is 1. The molecule has 0 unspecified atom stereocenters. The Hall–Kier alpha value is -3.35. The zero-order chi connectivity index (χ0) is 25.1. The van der Waals surface area contributed by atoms with Gasteiger partial charge in [-0.1, -0.05) is 48.5 Å². The maximum Gasteiger partial charge on any atom is 0.407 e. The standard InChI is InChI=1S/C27H34N2O5/c1-26(2,3)29(15-14-23(30)31)24(32)27(4,5)17-28-25(33)34-16-22-20-12-8-6-10-18(20)19-11-7-9-13-21(19)22/h6-13,22H,14-17H2,1-5H3,(H,28,33)(H,30,31). The Bertz CT molecular complexity index is 1030. The molecule has 2 aromatic carbocycles. The molecule has 7 heteroatoms. The van der Waals surface area contributed by atoms with Gasteiger partial charge in [-0.2, -0.15) is 0 Å². The molecule has 0 fully saturated rings. The van der Waals surface area contributed by atoms with E-state index in [-0.39, 0.29) is 37.9 Å². The normalized spacial score (nSPS) is 13.1. The SMILES string of the molecule is CC(C)(CNC(=O)OCC1c2ccccc2-c2ccccc21)C(=O)N(CCC(=O)O)C(C)(C)C. The molecule has 182 valence electrons. The zero-order valence-corrected chi connectivity index (χ0v) is 20.6. The van der Waals surface area contributed by atoms with Crippen molar-refractivity contribution < 1.29 is 24.2 Å². The van der Waals surface area contributed by atoms with E-state index in [0.29, 0.717) is 0 Å². The Labute approximate surface area is 201 Å². The largest absolute Gasteiger partial charge is 0.481 e. The lowest BCUT2D eigenvalue weighted by Gasteiger charge is -2.40. The van der Waals surface area contributed by atoms with Crippen LogP contribution < -0.4 is 5.32 Å². The molecule has 2 amide bonds. The summed E-state index contributed by atoms with van der Waals surface area (Å²) in [5.41, 5.74) is 3.09. The van der Waals surface area contributed by atoms with Crippen molar-refractivity contribution in [1.29, 1.82) is 0 Å². The van der Waals surface area contributed by atoms with Gasteiger partial charge in [-0.25, -0.2) is 4.79 Å². The minimum absolute atomic E-state index is 0.0415. The molecule has 0 saturated heterocycles. The quantitative estimate of drug-likeness (QED) is 0.590. The van der Waals surface area contributed by atoms with Crippen LogP contribution in [0.3, 0.4) is 0 Å². The number of carboxylic acids is 1. The molecular weight excluding hydrogens is 432 g/mol. The lowest BCUT2D eigenvalue weighted by Crippen LogP contribution is -2.54. The molecule has 0 heterocycles. The minimum atomic E-state index is -0.961. The number of carboxylic acid groups (broad SMARTS) is 1. The van der Waals surface area contributed by atoms with Crippen LogP contribution in [0.2, 0.25) is 0 Å². The summed E-state index contributed by atoms with van der Waals surface area (Å²) in [7, 11) is 0. The van der Waals surface area contributed by atoms with Gasteiger partial charge in [0, 0.05) is 24.5 Å². The van der Waals surface area contributed by atoms with Gasteiger partial charge in [0.1, 0.15) is 6.61 Å². The first-order valence-corrected chi connectivity index (χ1v) is 11.5. The number of carbonyl (C=O) groups excluding carboxylic acids is 2. The summed E-state index contributed by atoms with van der Waals surface area (Å²) in [6.45, 7) is 9.43. The fourth-order valence-electron chi connectivity index (χ4n) is 4.33. The van der Waals surface area contributed by atoms with Gasteiger partial charge in [-0.3, -0.25) is 9.59 Å². The average Bonchev–Trinajstić information content (AvgIpc) is 3.09. The van der Waals surface area contributed by atoms with Gasteiger partial charge in [0.2, 0.25) is 5.91 Å². The van der Waals surface area contributed by atoms with E-state index in [1.165, 1.54) is 0 Å². The van der Waals surface area contributed by atoms with E-state index >= 15 is 0 Å². The monoisotopic (exact) mass is 466 g/mol. The number of rotatable bonds is 8. The molecule has 0 aromatic heterocycles. The molecular formula is C27H34N2O5. The van der Waals surface area contributed by atoms with Crippen LogP contribution in [0.1, 0.15) is 58.1 Å². The van der Waals surface area contributed by atoms with Crippen LogP contribution in [0.15, 0.2) is 48.5 Å². The molecule has 0 atom stereocenters. The van der Waals surface area contributed by atoms with Crippen molar-refractivity contribution in [3.63, 3.8) is 0 Å². The van der Waals surface area contributed by atoms with E-state index in [4.69, 9.17) is 9.84 Å². The third-order valence-electron chi connectivity index (χ3n) is 6.20. The number of alkyl carbamates (subject to hydrolysis) is 1. The highest BCUT2D eigenvalue weighted by Crippen LogP contribution is 2.44. The summed E-state index contributed by atoms with van der Waals surface area (Å²) in [5, 5.41) is 11.8. The summed E-state index contributed by atoms with van der Waals surface area (Å²) in [4.78, 5) is 38.4. The van der Waals surface area contributed by atoms with E-state index in [0.717, 1.165) is 22.3 Å². The highest BCUT2D eigenvalue weighted by Gasteiger charge is 2.37. The Morgan fingerprint density at radius 2 is 1.47 bits per heavy atom. The lowest BCUT2D eigenvalue weighted by molar-refractivity contribution is -0.146. The Morgan fingerprint density at radius 1 is 0.941 bits per heavy atom. The Kier molecular flexibility index (Phi) is 7.34. The molecule has 34 heavy (non-hydrogen) atoms. The summed E-state index contributed by atoms with van der Waals surface area (Å²) < 4.78 is 5.57. The van der Waals surface area contributed by atoms with Crippen molar-refractivity contribution in [3.8, 4) is 11.1 Å². The first-order chi connectivity index (χ1) is 15.9. The van der Waals surface area contributed by atoms with Gasteiger partial charge in [0.05, 0.1) is 11.8 Å². The molecule has 7 nitrogen and oxygen atoms in total. The number of carbonyl (C=O) groups is 3.